The van der Waals surface area contributed by atoms with Gasteiger partial charge in [-0.2, -0.15) is 13.2 Å². The fraction of sp³-hybridized carbons (Fsp3) is 0.909. The van der Waals surface area contributed by atoms with E-state index in [1.165, 1.54) is 0 Å². The normalized spacial score (nSPS) is 21.1. The Hall–Kier alpha value is -0.820. The molecule has 1 aliphatic rings. The molecule has 0 aromatic heterocycles. The highest BCUT2D eigenvalue weighted by Crippen LogP contribution is 2.19. The Bertz CT molecular complexity index is 276. The number of carbonyl (C=O) groups is 1. The van der Waals surface area contributed by atoms with E-state index >= 15 is 0 Å². The monoisotopic (exact) mass is 268 g/mol. The van der Waals surface area contributed by atoms with E-state index in [1.807, 2.05) is 0 Å². The molecule has 1 aliphatic heterocycles. The van der Waals surface area contributed by atoms with Gasteiger partial charge >= 0.3 is 6.18 Å². The molecule has 1 heterocycles. The molecule has 0 saturated carbocycles. The first-order valence-electron chi connectivity index (χ1n) is 5.97. The number of nitrogens with one attached hydrogen (secondary N) is 1. The number of hydrogen-bond acceptors (Lipinski definition) is 3. The van der Waals surface area contributed by atoms with E-state index in [4.69, 9.17) is 4.74 Å². The summed E-state index contributed by atoms with van der Waals surface area (Å²) in [5.74, 6) is -0.495. The van der Waals surface area contributed by atoms with Crippen LogP contribution in [-0.4, -0.2) is 55.4 Å². The second kappa shape index (κ2) is 6.38. The van der Waals surface area contributed by atoms with Crippen LogP contribution in [-0.2, 0) is 9.53 Å². The lowest BCUT2D eigenvalue weighted by atomic mass is 10.1. The van der Waals surface area contributed by atoms with Crippen LogP contribution in [0.1, 0.15) is 20.3 Å². The van der Waals surface area contributed by atoms with Crippen molar-refractivity contribution in [1.82, 2.24) is 10.2 Å². The Balaban J connectivity index is 2.53. The predicted molar refractivity (Wildman–Crippen MR) is 60.1 cm³/mol. The summed E-state index contributed by atoms with van der Waals surface area (Å²) in [4.78, 5) is 12.7. The van der Waals surface area contributed by atoms with Crippen molar-refractivity contribution in [3.8, 4) is 0 Å². The zero-order valence-corrected chi connectivity index (χ0v) is 10.6. The van der Waals surface area contributed by atoms with Crippen LogP contribution in [0.15, 0.2) is 0 Å². The average molecular weight is 268 g/mol. The summed E-state index contributed by atoms with van der Waals surface area (Å²) in [6.45, 7) is 3.52. The quantitative estimate of drug-likeness (QED) is 0.832. The van der Waals surface area contributed by atoms with Crippen molar-refractivity contribution in [2.75, 3.05) is 26.3 Å². The summed E-state index contributed by atoms with van der Waals surface area (Å²) in [5.41, 5.74) is 0. The average Bonchev–Trinajstić information content (AvgIpc) is 2.25. The summed E-state index contributed by atoms with van der Waals surface area (Å²) in [7, 11) is 0. The highest BCUT2D eigenvalue weighted by molar-refractivity contribution is 5.77. The first-order chi connectivity index (χ1) is 8.29. The van der Waals surface area contributed by atoms with Crippen LogP contribution in [0.3, 0.4) is 0 Å². The minimum absolute atomic E-state index is 0.0360. The highest BCUT2D eigenvalue weighted by Gasteiger charge is 2.34. The lowest BCUT2D eigenvalue weighted by Gasteiger charge is -2.30. The third-order valence-electron chi connectivity index (χ3n) is 2.71. The van der Waals surface area contributed by atoms with E-state index in [0.717, 1.165) is 4.90 Å². The van der Waals surface area contributed by atoms with Gasteiger partial charge in [-0.25, -0.2) is 0 Å². The van der Waals surface area contributed by atoms with Gasteiger partial charge in [-0.3, -0.25) is 4.79 Å². The van der Waals surface area contributed by atoms with Crippen LogP contribution in [0.4, 0.5) is 13.2 Å². The summed E-state index contributed by atoms with van der Waals surface area (Å²) in [6.07, 6.45) is -4.33. The molecule has 0 bridgehead atoms. The maximum atomic E-state index is 12.4. The Morgan fingerprint density at radius 1 is 1.50 bits per heavy atom. The summed E-state index contributed by atoms with van der Waals surface area (Å²) >= 11 is 0. The number of carbonyl (C=O) groups excluding carboxylic acids is 1. The van der Waals surface area contributed by atoms with Crippen LogP contribution in [0.5, 0.6) is 0 Å². The topological polar surface area (TPSA) is 41.6 Å². The van der Waals surface area contributed by atoms with Crippen LogP contribution < -0.4 is 5.32 Å². The number of rotatable bonds is 4. The maximum Gasteiger partial charge on any atom is 0.406 e. The molecule has 0 spiro atoms. The van der Waals surface area contributed by atoms with Crippen molar-refractivity contribution >= 4 is 5.91 Å². The minimum Gasteiger partial charge on any atom is -0.378 e. The van der Waals surface area contributed by atoms with Gasteiger partial charge in [0.25, 0.3) is 0 Å². The molecule has 1 fully saturated rings. The molecule has 7 heteroatoms. The van der Waals surface area contributed by atoms with Gasteiger partial charge in [-0.1, -0.05) is 0 Å². The van der Waals surface area contributed by atoms with Crippen molar-refractivity contribution in [2.24, 2.45) is 0 Å². The molecule has 0 radical (unpaired) electrons. The summed E-state index contributed by atoms with van der Waals surface area (Å²) < 4.78 is 42.3. The minimum atomic E-state index is -4.36. The van der Waals surface area contributed by atoms with Crippen molar-refractivity contribution in [3.05, 3.63) is 0 Å². The van der Waals surface area contributed by atoms with Crippen LogP contribution in [0.2, 0.25) is 0 Å². The van der Waals surface area contributed by atoms with Gasteiger partial charge in [0.2, 0.25) is 5.91 Å². The van der Waals surface area contributed by atoms with E-state index in [1.54, 1.807) is 13.8 Å². The van der Waals surface area contributed by atoms with Gasteiger partial charge in [-0.15, -0.1) is 0 Å². The first-order valence-corrected chi connectivity index (χ1v) is 5.97. The number of ether oxygens (including phenoxy) is 1. The lowest BCUT2D eigenvalue weighted by molar-refractivity contribution is -0.165. The van der Waals surface area contributed by atoms with Crippen molar-refractivity contribution in [2.45, 2.75) is 38.5 Å². The van der Waals surface area contributed by atoms with Crippen LogP contribution in [0, 0.1) is 0 Å². The number of amides is 1. The SMILES string of the molecule is CC(C)N(CC(F)(F)F)C(=O)CC1COCCN1. The van der Waals surface area contributed by atoms with Gasteiger partial charge in [0.05, 0.1) is 13.2 Å². The molecular formula is C11H19F3N2O2. The molecule has 1 unspecified atom stereocenters. The Kier molecular flexibility index (Phi) is 5.40. The Morgan fingerprint density at radius 2 is 2.17 bits per heavy atom. The number of morpholine rings is 1. The number of halogens is 3. The van der Waals surface area contributed by atoms with Crippen LogP contribution in [0.25, 0.3) is 0 Å². The molecule has 1 rings (SSSR count). The number of nitrogens with zero attached hydrogens (tertiary/aromatic N) is 1. The Morgan fingerprint density at radius 3 is 2.61 bits per heavy atom. The van der Waals surface area contributed by atoms with Crippen molar-refractivity contribution < 1.29 is 22.7 Å². The number of alkyl halides is 3. The molecule has 18 heavy (non-hydrogen) atoms. The molecule has 0 aromatic carbocycles. The zero-order valence-electron chi connectivity index (χ0n) is 10.6. The van der Waals surface area contributed by atoms with E-state index in [9.17, 15) is 18.0 Å². The second-order valence-corrected chi connectivity index (χ2v) is 4.66. The van der Waals surface area contributed by atoms with Gasteiger partial charge in [-0.05, 0) is 13.8 Å². The van der Waals surface area contributed by atoms with Gasteiger partial charge < -0.3 is 15.0 Å². The van der Waals surface area contributed by atoms with Crippen molar-refractivity contribution in [3.63, 3.8) is 0 Å². The van der Waals surface area contributed by atoms with Gasteiger partial charge in [0, 0.05) is 25.0 Å². The summed E-state index contributed by atoms with van der Waals surface area (Å²) in [5, 5.41) is 3.05. The van der Waals surface area contributed by atoms with E-state index < -0.39 is 24.7 Å². The van der Waals surface area contributed by atoms with E-state index in [-0.39, 0.29) is 12.5 Å². The molecular weight excluding hydrogens is 249 g/mol. The zero-order chi connectivity index (χ0) is 13.8. The highest BCUT2D eigenvalue weighted by atomic mass is 19.4. The fourth-order valence-corrected chi connectivity index (χ4v) is 1.83. The number of hydrogen-bond donors (Lipinski definition) is 1. The predicted octanol–water partition coefficient (Wildman–Crippen LogP) is 1.16. The third kappa shape index (κ3) is 5.22. The van der Waals surface area contributed by atoms with Crippen LogP contribution >= 0.6 is 0 Å². The van der Waals surface area contributed by atoms with E-state index in [0.29, 0.717) is 19.8 Å². The fourth-order valence-electron chi connectivity index (χ4n) is 1.83. The summed E-state index contributed by atoms with van der Waals surface area (Å²) in [6, 6.07) is -0.663. The Labute approximate surface area is 104 Å². The van der Waals surface area contributed by atoms with E-state index in [2.05, 4.69) is 5.32 Å². The van der Waals surface area contributed by atoms with Gasteiger partial charge in [0.1, 0.15) is 6.54 Å². The molecule has 1 atom stereocenters. The molecule has 4 nitrogen and oxygen atoms in total. The van der Waals surface area contributed by atoms with Gasteiger partial charge in [0.15, 0.2) is 0 Å². The molecule has 1 N–H and O–H groups in total. The molecule has 106 valence electrons. The smallest absolute Gasteiger partial charge is 0.378 e. The molecule has 1 saturated heterocycles. The molecule has 1 amide bonds. The first kappa shape index (κ1) is 15.2. The third-order valence-corrected chi connectivity index (χ3v) is 2.71. The largest absolute Gasteiger partial charge is 0.406 e. The second-order valence-electron chi connectivity index (χ2n) is 4.66. The molecule has 0 aliphatic carbocycles. The lowest BCUT2D eigenvalue weighted by Crippen LogP contribution is -2.48. The standard InChI is InChI=1S/C11H19F3N2O2/c1-8(2)16(7-11(12,13)14)10(17)5-9-6-18-4-3-15-9/h8-9,15H,3-7H2,1-2H3. The van der Waals surface area contributed by atoms with Crippen molar-refractivity contribution in [1.29, 1.82) is 0 Å². The molecule has 0 aromatic rings. The maximum absolute atomic E-state index is 12.4.